The maximum Gasteiger partial charge on any atom is 0.154 e. The molecule has 2 aromatic heterocycles. The zero-order valence-corrected chi connectivity index (χ0v) is 9.05. The number of nitrogens with zero attached hydrogens (tertiary/aromatic N) is 3. The SMILES string of the molecule is FC1=CC=C(c2cnc3ccnn3c2)C2CC12. The number of hydrogen-bond donors (Lipinski definition) is 0. The smallest absolute Gasteiger partial charge is 0.154 e. The summed E-state index contributed by atoms with van der Waals surface area (Å²) in [5.41, 5.74) is 3.05. The van der Waals surface area contributed by atoms with Gasteiger partial charge in [0.1, 0.15) is 5.83 Å². The Bertz CT molecular complexity index is 668. The van der Waals surface area contributed by atoms with Crippen molar-refractivity contribution in [1.82, 2.24) is 14.6 Å². The summed E-state index contributed by atoms with van der Waals surface area (Å²) in [6.45, 7) is 0. The Hall–Kier alpha value is -1.97. The third-order valence-corrected chi connectivity index (χ3v) is 3.55. The first-order chi connectivity index (χ1) is 8.33. The molecule has 2 unspecified atom stereocenters. The highest BCUT2D eigenvalue weighted by Gasteiger charge is 2.45. The van der Waals surface area contributed by atoms with E-state index >= 15 is 0 Å². The lowest BCUT2D eigenvalue weighted by molar-refractivity contribution is 0.567. The Morgan fingerprint density at radius 2 is 2.24 bits per heavy atom. The van der Waals surface area contributed by atoms with Crippen molar-refractivity contribution in [1.29, 1.82) is 0 Å². The number of hydrogen-bond acceptors (Lipinski definition) is 2. The second kappa shape index (κ2) is 3.03. The summed E-state index contributed by atoms with van der Waals surface area (Å²) < 4.78 is 15.0. The van der Waals surface area contributed by atoms with Crippen LogP contribution in [0.3, 0.4) is 0 Å². The molecule has 3 nitrogen and oxygen atoms in total. The molecule has 2 atom stereocenters. The number of halogens is 1. The molecule has 4 heteroatoms. The van der Waals surface area contributed by atoms with E-state index in [9.17, 15) is 4.39 Å². The summed E-state index contributed by atoms with van der Waals surface area (Å²) in [7, 11) is 0. The Morgan fingerprint density at radius 3 is 3.18 bits per heavy atom. The molecule has 2 aliphatic carbocycles. The molecule has 0 spiro atoms. The van der Waals surface area contributed by atoms with Gasteiger partial charge in [0.25, 0.3) is 0 Å². The highest BCUT2D eigenvalue weighted by Crippen LogP contribution is 2.54. The second-order valence-electron chi connectivity index (χ2n) is 4.60. The molecule has 0 aliphatic heterocycles. The molecule has 0 N–H and O–H groups in total. The van der Waals surface area contributed by atoms with Crippen LogP contribution in [-0.2, 0) is 0 Å². The quantitative estimate of drug-likeness (QED) is 0.749. The first-order valence-corrected chi connectivity index (χ1v) is 5.70. The van der Waals surface area contributed by atoms with Crippen LogP contribution in [-0.4, -0.2) is 14.6 Å². The Balaban J connectivity index is 1.84. The van der Waals surface area contributed by atoms with Crippen LogP contribution in [0, 0.1) is 11.8 Å². The maximum absolute atomic E-state index is 13.3. The normalized spacial score (nSPS) is 26.4. The van der Waals surface area contributed by atoms with Gasteiger partial charge in [-0.3, -0.25) is 0 Å². The van der Waals surface area contributed by atoms with Crippen LogP contribution in [0.2, 0.25) is 0 Å². The first kappa shape index (κ1) is 9.10. The van der Waals surface area contributed by atoms with E-state index in [1.807, 2.05) is 24.5 Å². The zero-order valence-electron chi connectivity index (χ0n) is 9.05. The minimum Gasteiger partial charge on any atom is -0.236 e. The summed E-state index contributed by atoms with van der Waals surface area (Å²) in [4.78, 5) is 4.33. The molecule has 0 bridgehead atoms. The average molecular weight is 227 g/mol. The second-order valence-corrected chi connectivity index (χ2v) is 4.60. The third kappa shape index (κ3) is 1.27. The molecule has 0 saturated heterocycles. The van der Waals surface area contributed by atoms with Crippen molar-refractivity contribution < 1.29 is 4.39 Å². The number of aromatic nitrogens is 3. The molecule has 0 aromatic carbocycles. The Kier molecular flexibility index (Phi) is 1.62. The van der Waals surface area contributed by atoms with Gasteiger partial charge in [0, 0.05) is 29.9 Å². The number of fused-ring (bicyclic) bond motifs is 2. The maximum atomic E-state index is 13.3. The lowest BCUT2D eigenvalue weighted by Gasteiger charge is -2.09. The fraction of sp³-hybridized carbons (Fsp3) is 0.231. The van der Waals surface area contributed by atoms with Gasteiger partial charge in [0.15, 0.2) is 5.65 Å². The Labute approximate surface area is 97.3 Å². The fourth-order valence-electron chi connectivity index (χ4n) is 2.53. The van der Waals surface area contributed by atoms with E-state index < -0.39 is 0 Å². The van der Waals surface area contributed by atoms with Gasteiger partial charge >= 0.3 is 0 Å². The molecular weight excluding hydrogens is 217 g/mol. The summed E-state index contributed by atoms with van der Waals surface area (Å²) in [6, 6.07) is 1.86. The van der Waals surface area contributed by atoms with Gasteiger partial charge in [0.05, 0.1) is 6.20 Å². The van der Waals surface area contributed by atoms with E-state index in [1.165, 1.54) is 5.57 Å². The molecule has 2 aromatic rings. The van der Waals surface area contributed by atoms with Gasteiger partial charge < -0.3 is 0 Å². The van der Waals surface area contributed by atoms with Crippen LogP contribution in [0.5, 0.6) is 0 Å². The van der Waals surface area contributed by atoms with Gasteiger partial charge in [-0.05, 0) is 24.0 Å². The van der Waals surface area contributed by atoms with E-state index in [0.717, 1.165) is 17.6 Å². The highest BCUT2D eigenvalue weighted by atomic mass is 19.1. The minimum absolute atomic E-state index is 0.0203. The summed E-state index contributed by atoms with van der Waals surface area (Å²) >= 11 is 0. The fourth-order valence-corrected chi connectivity index (χ4v) is 2.53. The lowest BCUT2D eigenvalue weighted by atomic mass is 9.99. The van der Waals surface area contributed by atoms with Gasteiger partial charge in [-0.25, -0.2) is 13.9 Å². The molecule has 17 heavy (non-hydrogen) atoms. The van der Waals surface area contributed by atoms with Crippen LogP contribution in [0.1, 0.15) is 12.0 Å². The topological polar surface area (TPSA) is 30.2 Å². The van der Waals surface area contributed by atoms with Crippen LogP contribution in [0.4, 0.5) is 4.39 Å². The first-order valence-electron chi connectivity index (χ1n) is 5.70. The molecular formula is C13H10FN3. The van der Waals surface area contributed by atoms with Crippen molar-refractivity contribution in [2.75, 3.05) is 0 Å². The molecule has 1 fully saturated rings. The molecule has 4 rings (SSSR count). The average Bonchev–Trinajstić information content (AvgIpc) is 3.01. The Morgan fingerprint density at radius 1 is 1.29 bits per heavy atom. The van der Waals surface area contributed by atoms with Gasteiger partial charge in [0.2, 0.25) is 0 Å². The number of rotatable bonds is 1. The van der Waals surface area contributed by atoms with Crippen molar-refractivity contribution in [2.45, 2.75) is 6.42 Å². The van der Waals surface area contributed by atoms with Gasteiger partial charge in [-0.1, -0.05) is 6.08 Å². The van der Waals surface area contributed by atoms with Crippen molar-refractivity contribution in [3.8, 4) is 0 Å². The van der Waals surface area contributed by atoms with Gasteiger partial charge in [-0.2, -0.15) is 5.10 Å². The van der Waals surface area contributed by atoms with E-state index in [1.54, 1.807) is 16.8 Å². The van der Waals surface area contributed by atoms with E-state index in [4.69, 9.17) is 0 Å². The molecule has 2 aliphatic rings. The molecule has 2 heterocycles. The van der Waals surface area contributed by atoms with Crippen LogP contribution < -0.4 is 0 Å². The molecule has 0 radical (unpaired) electrons. The highest BCUT2D eigenvalue weighted by molar-refractivity contribution is 5.73. The van der Waals surface area contributed by atoms with Gasteiger partial charge in [-0.15, -0.1) is 0 Å². The van der Waals surface area contributed by atoms with E-state index in [-0.39, 0.29) is 11.7 Å². The molecule has 84 valence electrons. The largest absolute Gasteiger partial charge is 0.236 e. The van der Waals surface area contributed by atoms with Crippen molar-refractivity contribution in [3.05, 3.63) is 48.2 Å². The minimum atomic E-state index is 0.0203. The van der Waals surface area contributed by atoms with Crippen molar-refractivity contribution in [2.24, 2.45) is 11.8 Å². The van der Waals surface area contributed by atoms with Crippen molar-refractivity contribution >= 4 is 11.2 Å². The summed E-state index contributed by atoms with van der Waals surface area (Å²) in [6.07, 6.45) is 9.90. The van der Waals surface area contributed by atoms with Crippen LogP contribution >= 0.6 is 0 Å². The third-order valence-electron chi connectivity index (χ3n) is 3.55. The van der Waals surface area contributed by atoms with Crippen LogP contribution in [0.25, 0.3) is 11.2 Å². The van der Waals surface area contributed by atoms with E-state index in [2.05, 4.69) is 10.1 Å². The molecule has 0 amide bonds. The lowest BCUT2D eigenvalue weighted by Crippen LogP contribution is -1.98. The summed E-state index contributed by atoms with van der Waals surface area (Å²) in [5.74, 6) is 0.477. The monoisotopic (exact) mass is 227 g/mol. The predicted molar refractivity (Wildman–Crippen MR) is 61.8 cm³/mol. The van der Waals surface area contributed by atoms with Crippen LogP contribution in [0.15, 0.2) is 42.6 Å². The molecule has 1 saturated carbocycles. The zero-order chi connectivity index (χ0) is 11.4. The number of allylic oxidation sites excluding steroid dienone is 4. The van der Waals surface area contributed by atoms with Crippen molar-refractivity contribution in [3.63, 3.8) is 0 Å². The van der Waals surface area contributed by atoms with E-state index in [0.29, 0.717) is 5.92 Å². The standard InChI is InChI=1S/C13H10FN3/c14-12-2-1-9(10-5-11(10)12)8-6-15-13-3-4-16-17(13)7-8/h1-4,6-7,10-11H,5H2. The summed E-state index contributed by atoms with van der Waals surface area (Å²) in [5, 5.41) is 4.17. The predicted octanol–water partition coefficient (Wildman–Crippen LogP) is 2.62.